The molecule has 7 heteroatoms. The topological polar surface area (TPSA) is 74.8 Å². The summed E-state index contributed by atoms with van der Waals surface area (Å²) in [5, 5.41) is 13.8. The van der Waals surface area contributed by atoms with Crippen molar-refractivity contribution in [2.24, 2.45) is 5.10 Å². The first-order valence-corrected chi connectivity index (χ1v) is 5.88. The number of carbonyl (C=O) groups is 1. The van der Waals surface area contributed by atoms with Crippen LogP contribution in [-0.2, 0) is 0 Å². The molecule has 5 nitrogen and oxygen atoms in total. The highest BCUT2D eigenvalue weighted by molar-refractivity contribution is 6.36. The summed E-state index contributed by atoms with van der Waals surface area (Å²) in [5.41, 5.74) is 2.53. The highest BCUT2D eigenvalue weighted by Gasteiger charge is 2.08. The van der Waals surface area contributed by atoms with Crippen molar-refractivity contribution in [2.75, 3.05) is 0 Å². The molecule has 2 aromatic rings. The van der Waals surface area contributed by atoms with Gasteiger partial charge in [0.05, 0.1) is 17.5 Å². The van der Waals surface area contributed by atoms with Crippen LogP contribution in [0.15, 0.2) is 40.0 Å². The molecule has 0 aliphatic rings. The van der Waals surface area contributed by atoms with Gasteiger partial charge in [-0.2, -0.15) is 5.10 Å². The van der Waals surface area contributed by atoms with Crippen molar-refractivity contribution in [3.63, 3.8) is 0 Å². The molecule has 19 heavy (non-hydrogen) atoms. The van der Waals surface area contributed by atoms with Gasteiger partial charge in [0.15, 0.2) is 5.76 Å². The van der Waals surface area contributed by atoms with Crippen molar-refractivity contribution < 1.29 is 14.3 Å². The van der Waals surface area contributed by atoms with Crippen LogP contribution in [-0.4, -0.2) is 17.2 Å². The van der Waals surface area contributed by atoms with Crippen LogP contribution in [0, 0.1) is 0 Å². The molecule has 0 atom stereocenters. The van der Waals surface area contributed by atoms with Crippen molar-refractivity contribution >= 4 is 35.3 Å². The number of amides is 1. The molecule has 0 radical (unpaired) electrons. The maximum absolute atomic E-state index is 11.5. The minimum Gasteiger partial charge on any atom is -0.506 e. The van der Waals surface area contributed by atoms with Gasteiger partial charge in [-0.15, -0.1) is 0 Å². The van der Waals surface area contributed by atoms with Crippen molar-refractivity contribution in [3.05, 3.63) is 51.9 Å². The van der Waals surface area contributed by atoms with Gasteiger partial charge in [0.25, 0.3) is 0 Å². The van der Waals surface area contributed by atoms with Crippen molar-refractivity contribution in [1.82, 2.24) is 5.43 Å². The average Bonchev–Trinajstić information content (AvgIpc) is 2.88. The Morgan fingerprint density at radius 2 is 2.21 bits per heavy atom. The summed E-state index contributed by atoms with van der Waals surface area (Å²) < 4.78 is 4.88. The van der Waals surface area contributed by atoms with E-state index in [9.17, 15) is 9.90 Å². The van der Waals surface area contributed by atoms with Gasteiger partial charge >= 0.3 is 5.91 Å². The van der Waals surface area contributed by atoms with Crippen LogP contribution < -0.4 is 5.43 Å². The number of nitrogens with zero attached hydrogens (tertiary/aromatic N) is 1. The van der Waals surface area contributed by atoms with E-state index in [1.54, 1.807) is 6.07 Å². The summed E-state index contributed by atoms with van der Waals surface area (Å²) in [6, 6.07) is 5.95. The molecule has 0 bridgehead atoms. The third kappa shape index (κ3) is 3.27. The molecular formula is C12H8Cl2N2O3. The van der Waals surface area contributed by atoms with E-state index in [0.29, 0.717) is 5.02 Å². The Kier molecular flexibility index (Phi) is 4.09. The molecule has 0 spiro atoms. The smallest absolute Gasteiger partial charge is 0.307 e. The molecule has 0 unspecified atom stereocenters. The fraction of sp³-hybridized carbons (Fsp3) is 0. The van der Waals surface area contributed by atoms with Crippen LogP contribution in [0.3, 0.4) is 0 Å². The van der Waals surface area contributed by atoms with Gasteiger partial charge in [-0.1, -0.05) is 23.2 Å². The van der Waals surface area contributed by atoms with Crippen molar-refractivity contribution in [1.29, 1.82) is 0 Å². The number of furan rings is 1. The van der Waals surface area contributed by atoms with Gasteiger partial charge in [0.2, 0.25) is 0 Å². The molecule has 0 saturated heterocycles. The standard InChI is InChI=1S/C12H8Cl2N2O3/c13-8-4-7(11(17)9(14)5-8)6-15-16-12(18)10-2-1-3-19-10/h1-6,17H,(H,16,18)/b15-6+. The van der Waals surface area contributed by atoms with Crippen LogP contribution in [0.2, 0.25) is 10.0 Å². The predicted octanol–water partition coefficient (Wildman–Crippen LogP) is 3.06. The monoisotopic (exact) mass is 298 g/mol. The minimum absolute atomic E-state index is 0.103. The van der Waals surface area contributed by atoms with E-state index in [0.717, 1.165) is 0 Å². The molecule has 0 aliphatic heterocycles. The first kappa shape index (κ1) is 13.5. The molecule has 0 aliphatic carbocycles. The minimum atomic E-state index is -0.506. The Balaban J connectivity index is 2.09. The van der Waals surface area contributed by atoms with Gasteiger partial charge < -0.3 is 9.52 Å². The lowest BCUT2D eigenvalue weighted by atomic mass is 10.2. The van der Waals surface area contributed by atoms with Crippen LogP contribution in [0.25, 0.3) is 0 Å². The summed E-state index contributed by atoms with van der Waals surface area (Å²) in [7, 11) is 0. The molecule has 2 N–H and O–H groups in total. The third-order valence-corrected chi connectivity index (χ3v) is 2.68. The number of phenolic OH excluding ortho intramolecular Hbond substituents is 1. The number of phenols is 1. The molecular weight excluding hydrogens is 291 g/mol. The Bertz CT molecular complexity index is 624. The Morgan fingerprint density at radius 1 is 1.42 bits per heavy atom. The Labute approximate surface area is 118 Å². The highest BCUT2D eigenvalue weighted by Crippen LogP contribution is 2.29. The van der Waals surface area contributed by atoms with Crippen LogP contribution in [0.1, 0.15) is 16.1 Å². The van der Waals surface area contributed by atoms with Gasteiger partial charge in [0, 0.05) is 10.6 Å². The maximum Gasteiger partial charge on any atom is 0.307 e. The van der Waals surface area contributed by atoms with E-state index in [1.807, 2.05) is 0 Å². The Hall–Kier alpha value is -1.98. The van der Waals surface area contributed by atoms with E-state index < -0.39 is 5.91 Å². The maximum atomic E-state index is 11.5. The summed E-state index contributed by atoms with van der Waals surface area (Å²) in [6.07, 6.45) is 2.61. The third-order valence-electron chi connectivity index (χ3n) is 2.17. The van der Waals surface area contributed by atoms with E-state index in [4.69, 9.17) is 27.6 Å². The van der Waals surface area contributed by atoms with Gasteiger partial charge in [-0.25, -0.2) is 5.43 Å². The zero-order valence-electron chi connectivity index (χ0n) is 9.43. The average molecular weight is 299 g/mol. The lowest BCUT2D eigenvalue weighted by molar-refractivity contribution is 0.0927. The number of hydrazone groups is 1. The highest BCUT2D eigenvalue weighted by atomic mass is 35.5. The fourth-order valence-corrected chi connectivity index (χ4v) is 1.82. The second kappa shape index (κ2) is 5.77. The summed E-state index contributed by atoms with van der Waals surface area (Å²) in [6.45, 7) is 0. The summed E-state index contributed by atoms with van der Waals surface area (Å²) in [5.74, 6) is -0.540. The first-order chi connectivity index (χ1) is 9.08. The molecule has 1 aromatic heterocycles. The quantitative estimate of drug-likeness (QED) is 0.675. The number of hydrogen-bond acceptors (Lipinski definition) is 4. The molecule has 1 aromatic carbocycles. The molecule has 98 valence electrons. The van der Waals surface area contributed by atoms with E-state index in [-0.39, 0.29) is 22.1 Å². The summed E-state index contributed by atoms with van der Waals surface area (Å²) >= 11 is 11.5. The first-order valence-electron chi connectivity index (χ1n) is 5.13. The zero-order valence-corrected chi connectivity index (χ0v) is 10.9. The van der Waals surface area contributed by atoms with Crippen LogP contribution >= 0.6 is 23.2 Å². The lowest BCUT2D eigenvalue weighted by Crippen LogP contribution is -2.16. The number of hydrogen-bond donors (Lipinski definition) is 2. The Morgan fingerprint density at radius 3 is 2.89 bits per heavy atom. The second-order valence-electron chi connectivity index (χ2n) is 3.50. The second-order valence-corrected chi connectivity index (χ2v) is 4.35. The number of aromatic hydroxyl groups is 1. The zero-order chi connectivity index (χ0) is 13.8. The molecule has 0 saturated carbocycles. The molecule has 0 fully saturated rings. The number of carbonyl (C=O) groups excluding carboxylic acids is 1. The SMILES string of the molecule is O=C(N/N=C/c1cc(Cl)cc(Cl)c1O)c1ccco1. The van der Waals surface area contributed by atoms with Gasteiger partial charge in [-0.3, -0.25) is 4.79 Å². The van der Waals surface area contributed by atoms with Crippen molar-refractivity contribution in [3.8, 4) is 5.75 Å². The molecule has 2 rings (SSSR count). The largest absolute Gasteiger partial charge is 0.506 e. The van der Waals surface area contributed by atoms with E-state index >= 15 is 0 Å². The predicted molar refractivity (Wildman–Crippen MR) is 71.9 cm³/mol. The number of rotatable bonds is 3. The molecule has 1 amide bonds. The van der Waals surface area contributed by atoms with Gasteiger partial charge in [0.1, 0.15) is 5.75 Å². The lowest BCUT2D eigenvalue weighted by Gasteiger charge is -2.02. The number of nitrogens with one attached hydrogen (secondary N) is 1. The van der Waals surface area contributed by atoms with E-state index in [1.165, 1.54) is 30.7 Å². The number of halogens is 2. The van der Waals surface area contributed by atoms with Crippen LogP contribution in [0.4, 0.5) is 0 Å². The summed E-state index contributed by atoms with van der Waals surface area (Å²) in [4.78, 5) is 11.5. The normalized spacial score (nSPS) is 10.8. The van der Waals surface area contributed by atoms with E-state index in [2.05, 4.69) is 10.5 Å². The number of benzene rings is 1. The van der Waals surface area contributed by atoms with Gasteiger partial charge in [-0.05, 0) is 24.3 Å². The molecule has 1 heterocycles. The van der Waals surface area contributed by atoms with Crippen molar-refractivity contribution in [2.45, 2.75) is 0 Å². The fourth-order valence-electron chi connectivity index (χ4n) is 1.31. The van der Waals surface area contributed by atoms with Crippen LogP contribution in [0.5, 0.6) is 5.75 Å².